The molecule has 0 radical (unpaired) electrons. The number of nitrogens with zero attached hydrogens (tertiary/aromatic N) is 1. The summed E-state index contributed by atoms with van der Waals surface area (Å²) in [7, 11) is 1.59. The summed E-state index contributed by atoms with van der Waals surface area (Å²) in [5, 5.41) is 2.99. The van der Waals surface area contributed by atoms with Crippen LogP contribution in [0.1, 0.15) is 24.4 Å². The number of primary amides is 1. The lowest BCUT2D eigenvalue weighted by molar-refractivity contribution is -0.125. The predicted octanol–water partition coefficient (Wildman–Crippen LogP) is 2.57. The van der Waals surface area contributed by atoms with Gasteiger partial charge in [-0.1, -0.05) is 36.4 Å². The number of likely N-dealkylation sites (tertiary alicyclic amines) is 1. The summed E-state index contributed by atoms with van der Waals surface area (Å²) < 4.78 is 5.23. The Labute approximate surface area is 159 Å². The second kappa shape index (κ2) is 8.68. The fraction of sp³-hybridized carbons (Fsp3) is 0.333. The third-order valence-corrected chi connectivity index (χ3v) is 5.00. The zero-order valence-corrected chi connectivity index (χ0v) is 15.4. The van der Waals surface area contributed by atoms with Crippen molar-refractivity contribution >= 4 is 17.5 Å². The number of carbonyl (C=O) groups is 2. The fourth-order valence-electron chi connectivity index (χ4n) is 3.52. The standard InChI is InChI=1S/C21H25N3O3/c1-27-18-9-5-8-17(14-18)23-21(26)19(15-6-3-2-4-7-15)24-12-10-16(11-13-24)20(22)25/h2-9,14,16,19H,10-13H2,1H3,(H2,22,25)(H,23,26). The normalized spacial score (nSPS) is 16.5. The summed E-state index contributed by atoms with van der Waals surface area (Å²) in [4.78, 5) is 26.7. The average molecular weight is 367 g/mol. The minimum absolute atomic E-state index is 0.105. The molecule has 3 rings (SSSR count). The van der Waals surface area contributed by atoms with Crippen LogP contribution in [0.5, 0.6) is 5.75 Å². The highest BCUT2D eigenvalue weighted by Crippen LogP contribution is 2.28. The van der Waals surface area contributed by atoms with Crippen LogP contribution in [0.3, 0.4) is 0 Å². The molecule has 2 aromatic carbocycles. The zero-order valence-electron chi connectivity index (χ0n) is 15.4. The molecule has 1 unspecified atom stereocenters. The topological polar surface area (TPSA) is 84.7 Å². The highest BCUT2D eigenvalue weighted by molar-refractivity contribution is 5.95. The van der Waals surface area contributed by atoms with Gasteiger partial charge in [0.15, 0.2) is 0 Å². The van der Waals surface area contributed by atoms with E-state index in [1.165, 1.54) is 0 Å². The molecule has 0 saturated carbocycles. The molecule has 1 aliphatic rings. The molecule has 0 aliphatic carbocycles. The molecular formula is C21H25N3O3. The number of anilines is 1. The van der Waals surface area contributed by atoms with E-state index >= 15 is 0 Å². The Bertz CT molecular complexity index is 786. The molecule has 142 valence electrons. The van der Waals surface area contributed by atoms with Crippen LogP contribution in [0.25, 0.3) is 0 Å². The third-order valence-electron chi connectivity index (χ3n) is 5.00. The number of hydrogen-bond acceptors (Lipinski definition) is 4. The lowest BCUT2D eigenvalue weighted by atomic mass is 9.93. The van der Waals surface area contributed by atoms with Gasteiger partial charge in [0, 0.05) is 17.7 Å². The van der Waals surface area contributed by atoms with E-state index in [9.17, 15) is 9.59 Å². The molecule has 2 aromatic rings. The lowest BCUT2D eigenvalue weighted by Gasteiger charge is -2.36. The second-order valence-corrected chi connectivity index (χ2v) is 6.75. The van der Waals surface area contributed by atoms with Crippen LogP contribution in [0, 0.1) is 5.92 Å². The quantitative estimate of drug-likeness (QED) is 0.822. The van der Waals surface area contributed by atoms with Crippen LogP contribution in [0.4, 0.5) is 5.69 Å². The molecule has 1 atom stereocenters. The number of ether oxygens (including phenoxy) is 1. The molecule has 27 heavy (non-hydrogen) atoms. The zero-order chi connectivity index (χ0) is 19.2. The van der Waals surface area contributed by atoms with E-state index < -0.39 is 6.04 Å². The molecule has 6 nitrogen and oxygen atoms in total. The summed E-state index contributed by atoms with van der Waals surface area (Å²) >= 11 is 0. The van der Waals surface area contributed by atoms with Crippen molar-refractivity contribution in [1.29, 1.82) is 0 Å². The van der Waals surface area contributed by atoms with E-state index in [1.54, 1.807) is 13.2 Å². The van der Waals surface area contributed by atoms with Gasteiger partial charge in [-0.15, -0.1) is 0 Å². The summed E-state index contributed by atoms with van der Waals surface area (Å²) in [5.41, 5.74) is 7.05. The van der Waals surface area contributed by atoms with E-state index in [1.807, 2.05) is 48.5 Å². The van der Waals surface area contributed by atoms with Crippen LogP contribution < -0.4 is 15.8 Å². The molecule has 2 amide bonds. The van der Waals surface area contributed by atoms with Gasteiger partial charge >= 0.3 is 0 Å². The molecule has 0 aromatic heterocycles. The van der Waals surface area contributed by atoms with Gasteiger partial charge in [0.05, 0.1) is 7.11 Å². The highest BCUT2D eigenvalue weighted by atomic mass is 16.5. The number of nitrogens with one attached hydrogen (secondary N) is 1. The lowest BCUT2D eigenvalue weighted by Crippen LogP contribution is -2.44. The van der Waals surface area contributed by atoms with Crippen LogP contribution in [-0.4, -0.2) is 36.9 Å². The van der Waals surface area contributed by atoms with Crippen LogP contribution in [0.15, 0.2) is 54.6 Å². The molecule has 1 fully saturated rings. The van der Waals surface area contributed by atoms with Gasteiger partial charge in [0.2, 0.25) is 11.8 Å². The first-order valence-corrected chi connectivity index (χ1v) is 9.11. The van der Waals surface area contributed by atoms with Crippen molar-refractivity contribution < 1.29 is 14.3 Å². The third kappa shape index (κ3) is 4.65. The van der Waals surface area contributed by atoms with Crippen molar-refractivity contribution in [2.24, 2.45) is 11.7 Å². The number of methoxy groups -OCH3 is 1. The number of piperidine rings is 1. The first-order chi connectivity index (χ1) is 13.1. The van der Waals surface area contributed by atoms with E-state index in [2.05, 4.69) is 10.2 Å². The number of rotatable bonds is 6. The van der Waals surface area contributed by atoms with Crippen LogP contribution >= 0.6 is 0 Å². The first-order valence-electron chi connectivity index (χ1n) is 9.11. The monoisotopic (exact) mass is 367 g/mol. The number of nitrogens with two attached hydrogens (primary N) is 1. The highest BCUT2D eigenvalue weighted by Gasteiger charge is 2.32. The van der Waals surface area contributed by atoms with E-state index in [4.69, 9.17) is 10.5 Å². The Balaban J connectivity index is 1.80. The van der Waals surface area contributed by atoms with Gasteiger partial charge in [0.1, 0.15) is 11.8 Å². The summed E-state index contributed by atoms with van der Waals surface area (Å²) in [6, 6.07) is 16.6. The minimum atomic E-state index is -0.425. The molecule has 3 N–H and O–H groups in total. The smallest absolute Gasteiger partial charge is 0.246 e. The van der Waals surface area contributed by atoms with Gasteiger partial charge < -0.3 is 15.8 Å². The maximum Gasteiger partial charge on any atom is 0.246 e. The minimum Gasteiger partial charge on any atom is -0.497 e. The predicted molar refractivity (Wildman–Crippen MR) is 104 cm³/mol. The molecule has 0 spiro atoms. The Morgan fingerprint density at radius 2 is 1.81 bits per heavy atom. The van der Waals surface area contributed by atoms with Crippen molar-refractivity contribution in [3.05, 3.63) is 60.2 Å². The van der Waals surface area contributed by atoms with Gasteiger partial charge in [-0.05, 0) is 43.6 Å². The maximum absolute atomic E-state index is 13.1. The molecule has 0 bridgehead atoms. The van der Waals surface area contributed by atoms with E-state index in [0.29, 0.717) is 37.4 Å². The largest absolute Gasteiger partial charge is 0.497 e. The van der Waals surface area contributed by atoms with Crippen LogP contribution in [0.2, 0.25) is 0 Å². The number of benzene rings is 2. The van der Waals surface area contributed by atoms with Crippen molar-refractivity contribution in [3.63, 3.8) is 0 Å². The number of carbonyl (C=O) groups excluding carboxylic acids is 2. The first kappa shape index (κ1) is 18.9. The van der Waals surface area contributed by atoms with Crippen LogP contribution in [-0.2, 0) is 9.59 Å². The summed E-state index contributed by atoms with van der Waals surface area (Å²) in [6.07, 6.45) is 1.34. The maximum atomic E-state index is 13.1. The second-order valence-electron chi connectivity index (χ2n) is 6.75. The van der Waals surface area contributed by atoms with E-state index in [0.717, 1.165) is 5.56 Å². The summed E-state index contributed by atoms with van der Waals surface area (Å²) in [6.45, 7) is 1.30. The Kier molecular flexibility index (Phi) is 6.08. The van der Waals surface area contributed by atoms with Gasteiger partial charge in [0.25, 0.3) is 0 Å². The Morgan fingerprint density at radius 3 is 2.44 bits per heavy atom. The molecule has 1 saturated heterocycles. The van der Waals surface area contributed by atoms with Crippen molar-refractivity contribution in [2.45, 2.75) is 18.9 Å². The SMILES string of the molecule is COc1cccc(NC(=O)C(c2ccccc2)N2CCC(C(N)=O)CC2)c1. The number of amides is 2. The van der Waals surface area contributed by atoms with Crippen molar-refractivity contribution in [2.75, 3.05) is 25.5 Å². The van der Waals surface area contributed by atoms with Crippen molar-refractivity contribution in [3.8, 4) is 5.75 Å². The Morgan fingerprint density at radius 1 is 1.11 bits per heavy atom. The average Bonchev–Trinajstić information content (AvgIpc) is 2.69. The van der Waals surface area contributed by atoms with Gasteiger partial charge in [-0.3, -0.25) is 14.5 Å². The Hall–Kier alpha value is -2.86. The summed E-state index contributed by atoms with van der Waals surface area (Å²) in [5.74, 6) is 0.212. The fourth-order valence-corrected chi connectivity index (χ4v) is 3.52. The molecule has 1 heterocycles. The van der Waals surface area contributed by atoms with Gasteiger partial charge in [-0.2, -0.15) is 0 Å². The van der Waals surface area contributed by atoms with Crippen molar-refractivity contribution in [1.82, 2.24) is 4.90 Å². The van der Waals surface area contributed by atoms with E-state index in [-0.39, 0.29) is 17.7 Å². The number of hydrogen-bond donors (Lipinski definition) is 2. The molecular weight excluding hydrogens is 342 g/mol. The molecule has 1 aliphatic heterocycles. The van der Waals surface area contributed by atoms with Gasteiger partial charge in [-0.25, -0.2) is 0 Å². The molecule has 6 heteroatoms.